The lowest BCUT2D eigenvalue weighted by molar-refractivity contribution is 1.24. The number of anilines is 9. The third-order valence-corrected chi connectivity index (χ3v) is 12.6. The summed E-state index contributed by atoms with van der Waals surface area (Å²) >= 11 is 0. The molecule has 11 aromatic rings. The lowest BCUT2D eigenvalue weighted by Crippen LogP contribution is -2.61. The molecule has 0 saturated heterocycles. The maximum absolute atomic E-state index is 2.53. The number of hydrogen-bond donors (Lipinski definition) is 0. The number of rotatable bonds is 5. The molecule has 0 N–H and O–H groups in total. The van der Waals surface area contributed by atoms with Crippen LogP contribution >= 0.6 is 0 Å². The normalized spacial score (nSPS) is 13.0. The molecule has 0 amide bonds. The minimum Gasteiger partial charge on any atom is -0.311 e. The molecule has 13 rings (SSSR count). The second kappa shape index (κ2) is 12.4. The van der Waals surface area contributed by atoms with Gasteiger partial charge in [-0.2, -0.15) is 0 Å². The summed E-state index contributed by atoms with van der Waals surface area (Å²) in [4.78, 5) is 7.40. The zero-order chi connectivity index (χ0) is 38.6. The van der Waals surface area contributed by atoms with Crippen molar-refractivity contribution < 1.29 is 0 Å². The zero-order valence-corrected chi connectivity index (χ0v) is 32.1. The van der Waals surface area contributed by atoms with E-state index in [4.69, 9.17) is 0 Å². The van der Waals surface area contributed by atoms with Gasteiger partial charge in [0.05, 0.1) is 16.6 Å². The fraction of sp³-hybridized carbons (Fsp3) is 0. The van der Waals surface area contributed by atoms with E-state index in [2.05, 4.69) is 231 Å². The summed E-state index contributed by atoms with van der Waals surface area (Å²) in [5.74, 6) is 0. The van der Waals surface area contributed by atoms with Crippen LogP contribution in [0.25, 0.3) is 38.1 Å². The van der Waals surface area contributed by atoms with Crippen LogP contribution in [0.2, 0.25) is 0 Å². The lowest BCUT2D eigenvalue weighted by Gasteiger charge is -2.44. The first-order chi connectivity index (χ1) is 29.3. The minimum atomic E-state index is -0.0425. The average molecular weight is 751 g/mol. The molecule has 0 spiro atoms. The topological polar surface area (TPSA) is 14.1 Å². The zero-order valence-electron chi connectivity index (χ0n) is 32.1. The second-order valence-electron chi connectivity index (χ2n) is 15.7. The monoisotopic (exact) mass is 750 g/mol. The molecule has 0 bridgehead atoms. The van der Waals surface area contributed by atoms with Gasteiger partial charge in [0.15, 0.2) is 0 Å². The van der Waals surface area contributed by atoms with E-state index in [1.807, 2.05) is 0 Å². The molecule has 0 aliphatic carbocycles. The van der Waals surface area contributed by atoms with Gasteiger partial charge < -0.3 is 19.1 Å². The van der Waals surface area contributed by atoms with Crippen molar-refractivity contribution in [2.24, 2.45) is 0 Å². The lowest BCUT2D eigenvalue weighted by atomic mass is 9.33. The molecule has 274 valence electrons. The van der Waals surface area contributed by atoms with Crippen LogP contribution < -0.4 is 31.1 Å². The highest BCUT2D eigenvalue weighted by Crippen LogP contribution is 2.49. The van der Waals surface area contributed by atoms with Gasteiger partial charge in [0.1, 0.15) is 0 Å². The number of aromatic nitrogens is 1. The van der Waals surface area contributed by atoms with Crippen molar-refractivity contribution >= 4 is 112 Å². The smallest absolute Gasteiger partial charge is 0.253 e. The summed E-state index contributed by atoms with van der Waals surface area (Å²) in [5, 5.41) is 5.17. The van der Waals surface area contributed by atoms with Gasteiger partial charge in [-0.15, -0.1) is 0 Å². The molecule has 0 unspecified atom stereocenters. The summed E-state index contributed by atoms with van der Waals surface area (Å²) in [6, 6.07) is 77.8. The Bertz CT molecular complexity index is 3360. The molecule has 2 aromatic heterocycles. The summed E-state index contributed by atoms with van der Waals surface area (Å²) < 4.78 is 2.52. The molecule has 0 fully saturated rings. The van der Waals surface area contributed by atoms with E-state index >= 15 is 0 Å². The van der Waals surface area contributed by atoms with E-state index in [-0.39, 0.29) is 6.71 Å². The van der Waals surface area contributed by atoms with Gasteiger partial charge in [-0.05, 0) is 107 Å². The number of para-hydroxylation sites is 6. The van der Waals surface area contributed by atoms with E-state index in [0.29, 0.717) is 0 Å². The van der Waals surface area contributed by atoms with Crippen LogP contribution in [0.3, 0.4) is 0 Å². The predicted molar refractivity (Wildman–Crippen MR) is 250 cm³/mol. The van der Waals surface area contributed by atoms with Crippen molar-refractivity contribution in [2.75, 3.05) is 14.7 Å². The first-order valence-electron chi connectivity index (χ1n) is 20.4. The van der Waals surface area contributed by atoms with Gasteiger partial charge in [-0.1, -0.05) is 121 Å². The van der Waals surface area contributed by atoms with Gasteiger partial charge in [0, 0.05) is 72.7 Å². The van der Waals surface area contributed by atoms with Crippen LogP contribution in [0.4, 0.5) is 51.2 Å². The van der Waals surface area contributed by atoms with Crippen molar-refractivity contribution in [1.82, 2.24) is 4.40 Å². The highest BCUT2D eigenvalue weighted by atomic mass is 15.2. The van der Waals surface area contributed by atoms with Gasteiger partial charge >= 0.3 is 0 Å². The van der Waals surface area contributed by atoms with E-state index in [0.717, 1.165) is 28.4 Å². The molecule has 2 aliphatic heterocycles. The molecular weight excluding hydrogens is 715 g/mol. The second-order valence-corrected chi connectivity index (χ2v) is 15.7. The maximum Gasteiger partial charge on any atom is 0.253 e. The summed E-state index contributed by atoms with van der Waals surface area (Å²) in [6.07, 6.45) is 0. The third-order valence-electron chi connectivity index (χ3n) is 12.6. The minimum absolute atomic E-state index is 0.0425. The van der Waals surface area contributed by atoms with E-state index in [1.54, 1.807) is 0 Å². The first-order valence-corrected chi connectivity index (χ1v) is 20.4. The van der Waals surface area contributed by atoms with Crippen molar-refractivity contribution in [3.8, 4) is 0 Å². The van der Waals surface area contributed by atoms with E-state index < -0.39 is 0 Å². The molecule has 0 atom stereocenters. The Hall–Kier alpha value is -7.76. The molecule has 9 aromatic carbocycles. The van der Waals surface area contributed by atoms with Crippen molar-refractivity contribution in [1.29, 1.82) is 0 Å². The third kappa shape index (κ3) is 4.50. The standard InChI is InChI=1S/C54H35BN4/c1-5-18-36(19-6-1)56(37-20-7-2-8-21-37)40-32-33-44-49(34-40)57(38-22-9-3-10-23-38)47-30-17-31-48-52(47)55(44)53-50(58(48)39-24-11-4-12-25-39)35-43-41-26-13-15-28-45(41)59-46-29-16-14-27-42(46)51(53)54(43)59/h1-35H. The van der Waals surface area contributed by atoms with Crippen LogP contribution in [0.1, 0.15) is 0 Å². The quantitative estimate of drug-likeness (QED) is 0.163. The molecule has 59 heavy (non-hydrogen) atoms. The summed E-state index contributed by atoms with van der Waals surface area (Å²) in [7, 11) is 0. The number of nitrogens with zero attached hydrogens (tertiary/aromatic N) is 4. The highest BCUT2D eigenvalue weighted by molar-refractivity contribution is 7.02. The van der Waals surface area contributed by atoms with Gasteiger partial charge in [-0.25, -0.2) is 0 Å². The van der Waals surface area contributed by atoms with Crippen LogP contribution in [0.15, 0.2) is 212 Å². The Morgan fingerprint density at radius 2 is 0.881 bits per heavy atom. The van der Waals surface area contributed by atoms with Gasteiger partial charge in [-0.3, -0.25) is 0 Å². The molecule has 0 radical (unpaired) electrons. The molecule has 0 saturated carbocycles. The van der Waals surface area contributed by atoms with Gasteiger partial charge in [0.2, 0.25) is 0 Å². The van der Waals surface area contributed by atoms with Crippen LogP contribution in [-0.4, -0.2) is 11.1 Å². The Labute approximate surface area is 342 Å². The highest BCUT2D eigenvalue weighted by Gasteiger charge is 2.45. The maximum atomic E-state index is 2.53. The molecule has 4 heterocycles. The Morgan fingerprint density at radius 1 is 0.356 bits per heavy atom. The van der Waals surface area contributed by atoms with E-state index in [1.165, 1.54) is 77.2 Å². The van der Waals surface area contributed by atoms with Gasteiger partial charge in [0.25, 0.3) is 6.71 Å². The average Bonchev–Trinajstić information content (AvgIpc) is 3.82. The Kier molecular flexibility index (Phi) is 6.78. The SMILES string of the molecule is c1ccc(N(c2ccccc2)c2ccc3c(c2)N(c2ccccc2)c2cccc4c2B3c2c(cc3c5ccccc5n5c6ccccc6c2c35)N4c2ccccc2)cc1. The fourth-order valence-corrected chi connectivity index (χ4v) is 10.4. The molecule has 2 aliphatic rings. The Balaban J connectivity index is 1.18. The first kappa shape index (κ1) is 32.3. The number of fused-ring (bicyclic) bond motifs is 11. The van der Waals surface area contributed by atoms with Crippen LogP contribution in [-0.2, 0) is 0 Å². The number of benzene rings is 9. The van der Waals surface area contributed by atoms with Crippen molar-refractivity contribution in [2.45, 2.75) is 0 Å². The summed E-state index contributed by atoms with van der Waals surface area (Å²) in [6.45, 7) is -0.0425. The predicted octanol–water partition coefficient (Wildman–Crippen LogP) is 12.4. The Morgan fingerprint density at radius 3 is 1.51 bits per heavy atom. The molecule has 4 nitrogen and oxygen atoms in total. The summed E-state index contributed by atoms with van der Waals surface area (Å²) in [5.41, 5.74) is 18.2. The van der Waals surface area contributed by atoms with Crippen molar-refractivity contribution in [3.63, 3.8) is 0 Å². The largest absolute Gasteiger partial charge is 0.311 e. The van der Waals surface area contributed by atoms with Crippen LogP contribution in [0, 0.1) is 0 Å². The fourth-order valence-electron chi connectivity index (χ4n) is 10.4. The number of hydrogen-bond acceptors (Lipinski definition) is 3. The molecular formula is C54H35BN4. The van der Waals surface area contributed by atoms with Crippen LogP contribution in [0.5, 0.6) is 0 Å². The van der Waals surface area contributed by atoms with Crippen molar-refractivity contribution in [3.05, 3.63) is 212 Å². The molecule has 5 heteroatoms. The van der Waals surface area contributed by atoms with E-state index in [9.17, 15) is 0 Å².